The Morgan fingerprint density at radius 3 is 2.77 bits per heavy atom. The number of piperidine rings is 1. The minimum Gasteiger partial charge on any atom is -0.481 e. The van der Waals surface area contributed by atoms with E-state index in [-0.39, 0.29) is 24.4 Å². The van der Waals surface area contributed by atoms with Crippen LogP contribution in [0, 0.1) is 0 Å². The molecule has 0 saturated carbocycles. The van der Waals surface area contributed by atoms with Gasteiger partial charge in [0.15, 0.2) is 6.10 Å². The third-order valence-corrected chi connectivity index (χ3v) is 3.85. The summed E-state index contributed by atoms with van der Waals surface area (Å²) in [6, 6.07) is 8.18. The maximum atomic E-state index is 12.2. The molecule has 1 aliphatic rings. The number of ether oxygens (including phenoxy) is 1. The second-order valence-corrected chi connectivity index (χ2v) is 6.04. The van der Waals surface area contributed by atoms with Crippen molar-refractivity contribution in [1.29, 1.82) is 0 Å². The molecule has 0 spiro atoms. The van der Waals surface area contributed by atoms with Crippen LogP contribution in [-0.4, -0.2) is 31.1 Å². The second kappa shape index (κ2) is 9.01. The fraction of sp³-hybridized carbons (Fsp3) is 0.588. The summed E-state index contributed by atoms with van der Waals surface area (Å²) in [5.41, 5.74) is 1.22. The first kappa shape index (κ1) is 18.8. The molecule has 4 nitrogen and oxygen atoms in total. The quantitative estimate of drug-likeness (QED) is 0.874. The molecule has 1 heterocycles. The summed E-state index contributed by atoms with van der Waals surface area (Å²) in [6.07, 6.45) is 1.67. The maximum Gasteiger partial charge on any atom is 0.261 e. The van der Waals surface area contributed by atoms with E-state index < -0.39 is 6.10 Å². The molecular weight excluding hydrogens is 300 g/mol. The number of hydrogen-bond acceptors (Lipinski definition) is 3. The summed E-state index contributed by atoms with van der Waals surface area (Å²) in [5.74, 6) is 1.16. The monoisotopic (exact) mass is 326 g/mol. The number of amides is 1. The fourth-order valence-electron chi connectivity index (χ4n) is 2.50. The largest absolute Gasteiger partial charge is 0.481 e. The first-order chi connectivity index (χ1) is 10.1. The van der Waals surface area contributed by atoms with E-state index in [1.807, 2.05) is 18.2 Å². The van der Waals surface area contributed by atoms with E-state index in [1.165, 1.54) is 5.56 Å². The van der Waals surface area contributed by atoms with Gasteiger partial charge in [0.1, 0.15) is 5.75 Å². The predicted molar refractivity (Wildman–Crippen MR) is 91.9 cm³/mol. The first-order valence-electron chi connectivity index (χ1n) is 7.84. The van der Waals surface area contributed by atoms with E-state index in [0.29, 0.717) is 5.92 Å². The van der Waals surface area contributed by atoms with Crippen LogP contribution in [0.4, 0.5) is 0 Å². The molecule has 0 radical (unpaired) electrons. The summed E-state index contributed by atoms with van der Waals surface area (Å²) < 4.78 is 5.78. The van der Waals surface area contributed by atoms with Crippen LogP contribution in [0.25, 0.3) is 0 Å². The van der Waals surface area contributed by atoms with Gasteiger partial charge in [0.2, 0.25) is 0 Å². The van der Waals surface area contributed by atoms with Crippen molar-refractivity contribution in [2.75, 3.05) is 13.1 Å². The highest BCUT2D eigenvalue weighted by Crippen LogP contribution is 2.21. The number of carbonyl (C=O) groups excluding carboxylic acids is 1. The molecule has 1 fully saturated rings. The van der Waals surface area contributed by atoms with Crippen molar-refractivity contribution in [3.8, 4) is 5.75 Å². The van der Waals surface area contributed by atoms with Crippen molar-refractivity contribution >= 4 is 18.3 Å². The Morgan fingerprint density at radius 2 is 2.14 bits per heavy atom. The van der Waals surface area contributed by atoms with Gasteiger partial charge in [-0.3, -0.25) is 4.79 Å². The van der Waals surface area contributed by atoms with Crippen LogP contribution in [0.1, 0.15) is 45.1 Å². The zero-order valence-corrected chi connectivity index (χ0v) is 14.4. The smallest absolute Gasteiger partial charge is 0.261 e. The van der Waals surface area contributed by atoms with Gasteiger partial charge in [-0.05, 0) is 49.9 Å². The first-order valence-corrected chi connectivity index (χ1v) is 7.84. The molecule has 1 saturated heterocycles. The lowest BCUT2D eigenvalue weighted by molar-refractivity contribution is -0.128. The van der Waals surface area contributed by atoms with Gasteiger partial charge < -0.3 is 15.4 Å². The van der Waals surface area contributed by atoms with Gasteiger partial charge in [-0.25, -0.2) is 0 Å². The van der Waals surface area contributed by atoms with E-state index in [0.717, 1.165) is 31.7 Å². The molecule has 124 valence electrons. The van der Waals surface area contributed by atoms with Crippen molar-refractivity contribution in [3.63, 3.8) is 0 Å². The minimum atomic E-state index is -0.477. The third-order valence-electron chi connectivity index (χ3n) is 3.85. The van der Waals surface area contributed by atoms with Crippen LogP contribution in [0.2, 0.25) is 0 Å². The number of hydrogen-bond donors (Lipinski definition) is 2. The molecule has 5 heteroatoms. The molecule has 0 aliphatic carbocycles. The van der Waals surface area contributed by atoms with Gasteiger partial charge in [-0.2, -0.15) is 0 Å². The number of nitrogens with one attached hydrogen (secondary N) is 2. The van der Waals surface area contributed by atoms with Gasteiger partial charge in [0, 0.05) is 12.6 Å². The Balaban J connectivity index is 0.00000242. The lowest BCUT2D eigenvalue weighted by Crippen LogP contribution is -2.49. The highest BCUT2D eigenvalue weighted by atomic mass is 35.5. The molecule has 2 unspecified atom stereocenters. The fourth-order valence-corrected chi connectivity index (χ4v) is 2.50. The second-order valence-electron chi connectivity index (χ2n) is 6.04. The SMILES string of the molecule is CC(Oc1cccc(C(C)C)c1)C(=O)NC1CCCNC1.Cl. The Morgan fingerprint density at radius 1 is 1.36 bits per heavy atom. The van der Waals surface area contributed by atoms with Gasteiger partial charge in [0.25, 0.3) is 5.91 Å². The average molecular weight is 327 g/mol. The van der Waals surface area contributed by atoms with Crippen molar-refractivity contribution in [1.82, 2.24) is 10.6 Å². The van der Waals surface area contributed by atoms with Crippen LogP contribution in [-0.2, 0) is 4.79 Å². The van der Waals surface area contributed by atoms with E-state index in [1.54, 1.807) is 6.92 Å². The highest BCUT2D eigenvalue weighted by molar-refractivity contribution is 5.85. The molecule has 0 bridgehead atoms. The van der Waals surface area contributed by atoms with Crippen molar-refractivity contribution in [2.24, 2.45) is 0 Å². The van der Waals surface area contributed by atoms with Gasteiger partial charge in [0.05, 0.1) is 0 Å². The molecule has 1 aliphatic heterocycles. The number of carbonyl (C=O) groups is 1. The van der Waals surface area contributed by atoms with Gasteiger partial charge >= 0.3 is 0 Å². The van der Waals surface area contributed by atoms with Crippen LogP contribution in [0.3, 0.4) is 0 Å². The molecule has 1 aromatic rings. The molecule has 2 rings (SSSR count). The zero-order valence-electron chi connectivity index (χ0n) is 13.6. The van der Waals surface area contributed by atoms with Crippen LogP contribution in [0.5, 0.6) is 5.75 Å². The minimum absolute atomic E-state index is 0. The Kier molecular flexibility index (Phi) is 7.69. The Hall–Kier alpha value is -1.26. The maximum absolute atomic E-state index is 12.2. The normalized spacial score (nSPS) is 19.2. The van der Waals surface area contributed by atoms with Crippen LogP contribution >= 0.6 is 12.4 Å². The lowest BCUT2D eigenvalue weighted by Gasteiger charge is -2.25. The molecule has 1 aromatic carbocycles. The summed E-state index contributed by atoms with van der Waals surface area (Å²) in [7, 11) is 0. The predicted octanol–water partition coefficient (Wildman–Crippen LogP) is 2.87. The van der Waals surface area contributed by atoms with E-state index in [9.17, 15) is 4.79 Å². The topological polar surface area (TPSA) is 50.4 Å². The lowest BCUT2D eigenvalue weighted by atomic mass is 10.0. The van der Waals surface area contributed by atoms with Crippen molar-refractivity contribution in [2.45, 2.75) is 51.7 Å². The molecule has 2 N–H and O–H groups in total. The van der Waals surface area contributed by atoms with Gasteiger partial charge in [-0.1, -0.05) is 26.0 Å². The van der Waals surface area contributed by atoms with E-state index >= 15 is 0 Å². The van der Waals surface area contributed by atoms with Crippen LogP contribution < -0.4 is 15.4 Å². The van der Waals surface area contributed by atoms with Crippen molar-refractivity contribution < 1.29 is 9.53 Å². The Bertz CT molecular complexity index is 473. The van der Waals surface area contributed by atoms with E-state index in [4.69, 9.17) is 4.74 Å². The van der Waals surface area contributed by atoms with E-state index in [2.05, 4.69) is 30.5 Å². The standard InChI is InChI=1S/C17H26N2O2.ClH/c1-12(2)14-6-4-8-16(10-14)21-13(3)17(20)19-15-7-5-9-18-11-15;/h4,6,8,10,12-13,15,18H,5,7,9,11H2,1-3H3,(H,19,20);1H. The zero-order chi connectivity index (χ0) is 15.2. The average Bonchev–Trinajstić information content (AvgIpc) is 2.48. The molecule has 1 amide bonds. The molecule has 0 aromatic heterocycles. The summed E-state index contributed by atoms with van der Waals surface area (Å²) in [4.78, 5) is 12.2. The highest BCUT2D eigenvalue weighted by Gasteiger charge is 2.20. The molecule has 22 heavy (non-hydrogen) atoms. The third kappa shape index (κ3) is 5.50. The van der Waals surface area contributed by atoms with Crippen molar-refractivity contribution in [3.05, 3.63) is 29.8 Å². The van der Waals surface area contributed by atoms with Gasteiger partial charge in [-0.15, -0.1) is 12.4 Å². The summed E-state index contributed by atoms with van der Waals surface area (Å²) in [5, 5.41) is 6.34. The molecule has 2 atom stereocenters. The van der Waals surface area contributed by atoms with Crippen LogP contribution in [0.15, 0.2) is 24.3 Å². The number of halogens is 1. The number of benzene rings is 1. The number of rotatable bonds is 5. The molecular formula is C17H27ClN2O2. The Labute approximate surface area is 139 Å². The summed E-state index contributed by atoms with van der Waals surface area (Å²) >= 11 is 0. The summed E-state index contributed by atoms with van der Waals surface area (Å²) in [6.45, 7) is 7.98.